The summed E-state index contributed by atoms with van der Waals surface area (Å²) in [5.74, 6) is -3.18. The highest BCUT2D eigenvalue weighted by molar-refractivity contribution is 7.93. The highest BCUT2D eigenvalue weighted by Crippen LogP contribution is 2.44. The summed E-state index contributed by atoms with van der Waals surface area (Å²) in [7, 11) is -9.25. The maximum absolute atomic E-state index is 14.0. The molecule has 0 saturated heterocycles. The Bertz CT molecular complexity index is 1770. The molecule has 1 heterocycles. The molecule has 20 heteroatoms. The van der Waals surface area contributed by atoms with Crippen molar-refractivity contribution in [3.05, 3.63) is 47.8 Å². The van der Waals surface area contributed by atoms with Gasteiger partial charge in [-0.1, -0.05) is 0 Å². The monoisotopic (exact) mass is 721 g/mol. The van der Waals surface area contributed by atoms with Gasteiger partial charge >= 0.3 is 18.4 Å². The van der Waals surface area contributed by atoms with Crippen LogP contribution in [0.2, 0.25) is 0 Å². The number of fused-ring (bicyclic) bond motifs is 1. The van der Waals surface area contributed by atoms with Crippen molar-refractivity contribution >= 4 is 43.4 Å². The number of hydrogen-bond donors (Lipinski definition) is 2. The van der Waals surface area contributed by atoms with Crippen LogP contribution in [-0.4, -0.2) is 63.1 Å². The first-order chi connectivity index (χ1) is 21.1. The molecular formula is C27H30F7N3O8S2. The number of hydrogen-bond acceptors (Lipinski definition) is 7. The second-order valence-corrected chi connectivity index (χ2v) is 16.2. The molecule has 0 unspecified atom stereocenters. The average Bonchev–Trinajstić information content (AvgIpc) is 2.89. The first-order valence-electron chi connectivity index (χ1n) is 13.5. The van der Waals surface area contributed by atoms with Crippen LogP contribution in [0, 0.1) is 5.82 Å². The smallest absolute Gasteiger partial charge is 0.419 e. The summed E-state index contributed by atoms with van der Waals surface area (Å²) in [5.41, 5.74) is -6.27. The average molecular weight is 722 g/mol. The molecule has 0 radical (unpaired) electrons. The van der Waals surface area contributed by atoms with Crippen LogP contribution in [0.3, 0.4) is 0 Å². The van der Waals surface area contributed by atoms with E-state index in [1.54, 1.807) is 0 Å². The van der Waals surface area contributed by atoms with Gasteiger partial charge in [0.15, 0.2) is 0 Å². The molecule has 2 amide bonds. The molecule has 47 heavy (non-hydrogen) atoms. The van der Waals surface area contributed by atoms with Gasteiger partial charge in [-0.3, -0.25) is 18.7 Å². The van der Waals surface area contributed by atoms with Gasteiger partial charge in [-0.05, 0) is 77.4 Å². The van der Waals surface area contributed by atoms with Gasteiger partial charge in [0.25, 0.3) is 10.0 Å². The van der Waals surface area contributed by atoms with Gasteiger partial charge in [-0.25, -0.2) is 26.0 Å². The Hall–Kier alpha value is -3.81. The van der Waals surface area contributed by atoms with Crippen molar-refractivity contribution in [1.29, 1.82) is 0 Å². The summed E-state index contributed by atoms with van der Waals surface area (Å²) in [6, 6.07) is 3.30. The van der Waals surface area contributed by atoms with Crippen LogP contribution in [0.15, 0.2) is 41.3 Å². The quantitative estimate of drug-likeness (QED) is 0.332. The second kappa shape index (κ2) is 12.3. The van der Waals surface area contributed by atoms with E-state index in [-0.39, 0.29) is 29.2 Å². The third-order valence-corrected chi connectivity index (χ3v) is 11.0. The van der Waals surface area contributed by atoms with Crippen molar-refractivity contribution in [2.24, 2.45) is 0 Å². The Morgan fingerprint density at radius 1 is 0.979 bits per heavy atom. The number of halogens is 7. The van der Waals surface area contributed by atoms with Gasteiger partial charge in [0.2, 0.25) is 15.9 Å². The molecule has 2 aromatic carbocycles. The van der Waals surface area contributed by atoms with E-state index in [0.29, 0.717) is 30.3 Å². The van der Waals surface area contributed by atoms with E-state index in [0.717, 1.165) is 12.1 Å². The second-order valence-electron chi connectivity index (χ2n) is 11.9. The van der Waals surface area contributed by atoms with E-state index < -0.39 is 101 Å². The number of amides is 2. The molecule has 0 bridgehead atoms. The molecule has 1 aliphatic rings. The topological polar surface area (TPSA) is 150 Å². The molecule has 11 nitrogen and oxygen atoms in total. The number of alkyl halides is 6. The van der Waals surface area contributed by atoms with Crippen molar-refractivity contribution < 1.29 is 67.0 Å². The van der Waals surface area contributed by atoms with Crippen LogP contribution >= 0.6 is 0 Å². The van der Waals surface area contributed by atoms with Crippen molar-refractivity contribution in [1.82, 2.24) is 4.72 Å². The number of nitrogens with zero attached hydrogens (tertiary/aromatic N) is 2. The maximum atomic E-state index is 14.0. The number of sulfonamides is 2. The minimum absolute atomic E-state index is 0.0137. The Kier molecular flexibility index (Phi) is 9.88. The third kappa shape index (κ3) is 7.68. The van der Waals surface area contributed by atoms with Crippen LogP contribution in [0.5, 0.6) is 5.75 Å². The molecule has 0 fully saturated rings. The lowest BCUT2D eigenvalue weighted by Crippen LogP contribution is -2.57. The first-order valence-corrected chi connectivity index (χ1v) is 16.4. The van der Waals surface area contributed by atoms with E-state index in [9.17, 15) is 62.3 Å². The van der Waals surface area contributed by atoms with E-state index >= 15 is 0 Å². The highest BCUT2D eigenvalue weighted by Gasteiger charge is 2.54. The van der Waals surface area contributed by atoms with E-state index in [1.807, 2.05) is 4.72 Å². The van der Waals surface area contributed by atoms with Crippen molar-refractivity contribution in [3.63, 3.8) is 0 Å². The number of benzene rings is 2. The number of carbonyl (C=O) groups is 2. The van der Waals surface area contributed by atoms with Gasteiger partial charge in [-0.15, -0.1) is 0 Å². The fourth-order valence-electron chi connectivity index (χ4n) is 4.27. The molecule has 2 N–H and O–H groups in total. The highest BCUT2D eigenvalue weighted by atomic mass is 32.2. The predicted molar refractivity (Wildman–Crippen MR) is 153 cm³/mol. The third-order valence-electron chi connectivity index (χ3n) is 7.16. The number of carbonyl (C=O) groups excluding carboxylic acids is 1. The summed E-state index contributed by atoms with van der Waals surface area (Å²) in [5, 5.41) is 9.70. The molecule has 3 rings (SSSR count). The van der Waals surface area contributed by atoms with Gasteiger partial charge in [0.1, 0.15) is 23.2 Å². The SMILES string of the molecule is CC(C)(N(C(=O)O)c1ccc2c(c1)N(S(=O)(=O)c1ccc(F)c(C(F)(F)F)c1)C[C@H](CCC(=O)NS(=O)(=O)C(C)(C)C)O2)C(F)(F)F. The van der Waals surface area contributed by atoms with Gasteiger partial charge in [0.05, 0.1) is 33.1 Å². The van der Waals surface area contributed by atoms with Gasteiger partial charge in [0, 0.05) is 6.42 Å². The Morgan fingerprint density at radius 3 is 2.09 bits per heavy atom. The zero-order chi connectivity index (χ0) is 36.1. The van der Waals surface area contributed by atoms with Gasteiger partial charge < -0.3 is 9.84 Å². The normalized spacial score (nSPS) is 16.3. The lowest BCUT2D eigenvalue weighted by atomic mass is 10.0. The predicted octanol–water partition coefficient (Wildman–Crippen LogP) is 5.65. The molecule has 1 aliphatic heterocycles. The van der Waals surface area contributed by atoms with Crippen LogP contribution in [0.1, 0.15) is 53.0 Å². The van der Waals surface area contributed by atoms with Crippen molar-refractivity contribution in [2.75, 3.05) is 15.7 Å². The summed E-state index contributed by atoms with van der Waals surface area (Å²) < 4.78 is 155. The fourth-order valence-corrected chi connectivity index (χ4v) is 6.51. The molecule has 2 aromatic rings. The molecular weight excluding hydrogens is 691 g/mol. The standard InChI is InChI=1S/C27H30F7N3O8S2/c1-24(2,3)47(43,44)35-22(38)11-7-16-14-36(46(41,42)17-8-9-19(28)18(13-17)26(29,30)31)20-12-15(6-10-21(20)45-16)37(23(39)40)25(4,5)27(32,33)34/h6,8-10,12-13,16H,7,11,14H2,1-5H3,(H,35,38)(H,39,40)/t16-/m0/s1. The first kappa shape index (κ1) is 37.6. The summed E-state index contributed by atoms with van der Waals surface area (Å²) >= 11 is 0. The van der Waals surface area contributed by atoms with Crippen LogP contribution in [0.4, 0.5) is 46.9 Å². The molecule has 0 spiro atoms. The van der Waals surface area contributed by atoms with Gasteiger partial charge in [-0.2, -0.15) is 26.3 Å². The molecule has 0 aliphatic carbocycles. The number of carboxylic acid groups (broad SMARTS) is 1. The van der Waals surface area contributed by atoms with E-state index in [2.05, 4.69) is 0 Å². The minimum Gasteiger partial charge on any atom is -0.486 e. The number of nitrogens with one attached hydrogen (secondary N) is 1. The Balaban J connectivity index is 2.13. The minimum atomic E-state index is -5.32. The van der Waals surface area contributed by atoms with Crippen LogP contribution in [0.25, 0.3) is 0 Å². The van der Waals surface area contributed by atoms with Crippen molar-refractivity contribution in [3.8, 4) is 5.75 Å². The molecule has 262 valence electrons. The molecule has 0 aromatic heterocycles. The number of anilines is 2. The lowest BCUT2D eigenvalue weighted by molar-refractivity contribution is -0.175. The lowest BCUT2D eigenvalue weighted by Gasteiger charge is -2.39. The number of rotatable bonds is 8. The molecule has 1 atom stereocenters. The zero-order valence-corrected chi connectivity index (χ0v) is 27.0. The van der Waals surface area contributed by atoms with Crippen LogP contribution < -0.4 is 18.7 Å². The summed E-state index contributed by atoms with van der Waals surface area (Å²) in [6.07, 6.45) is -14.7. The fraction of sp³-hybridized carbons (Fsp3) is 0.481. The van der Waals surface area contributed by atoms with E-state index in [4.69, 9.17) is 4.74 Å². The summed E-state index contributed by atoms with van der Waals surface area (Å²) in [6.45, 7) is 4.27. The van der Waals surface area contributed by atoms with Crippen molar-refractivity contribution in [2.45, 2.75) is 81.1 Å². The van der Waals surface area contributed by atoms with Crippen LogP contribution in [-0.2, 0) is 31.0 Å². The summed E-state index contributed by atoms with van der Waals surface area (Å²) in [4.78, 5) is 23.3. The largest absolute Gasteiger partial charge is 0.486 e. The Morgan fingerprint density at radius 2 is 1.57 bits per heavy atom. The zero-order valence-electron chi connectivity index (χ0n) is 25.3. The Labute approximate surface area is 265 Å². The number of ether oxygens (including phenoxy) is 1. The van der Waals surface area contributed by atoms with E-state index in [1.165, 1.54) is 20.8 Å². The maximum Gasteiger partial charge on any atom is 0.419 e. The molecule has 0 saturated carbocycles.